The number of hydrogen-bond donors (Lipinski definition) is 0. The second-order valence-corrected chi connectivity index (χ2v) is 9.60. The van der Waals surface area contributed by atoms with Gasteiger partial charge in [-0.1, -0.05) is 11.2 Å². The molecule has 2 aromatic heterocycles. The molecular weight excluding hydrogens is 533 g/mol. The van der Waals surface area contributed by atoms with Gasteiger partial charge in [0.1, 0.15) is 17.3 Å². The van der Waals surface area contributed by atoms with Gasteiger partial charge in [0, 0.05) is 37.0 Å². The molecule has 200 valence electrons. The second kappa shape index (κ2) is 10.6. The number of benzene rings is 1. The minimum Gasteiger partial charge on any atom is -0.453 e. The van der Waals surface area contributed by atoms with Gasteiger partial charge in [-0.05, 0) is 31.0 Å². The van der Waals surface area contributed by atoms with Crippen LogP contribution in [-0.4, -0.2) is 51.2 Å². The molecule has 0 bridgehead atoms. The largest absolute Gasteiger partial charge is 0.453 e. The molecule has 38 heavy (non-hydrogen) atoms. The van der Waals surface area contributed by atoms with E-state index >= 15 is 0 Å². The molecule has 1 fully saturated rings. The summed E-state index contributed by atoms with van der Waals surface area (Å²) < 4.78 is 71.6. The Bertz CT molecular complexity index is 1340. The molecular formula is C24H20F5N5O3S. The standard InChI is InChI=1S/C24H20F5N5O3S/c25-14-2-1-3-15(26)21(14)18-10-16(33-37-18)17-12-38-22(31-17)13-5-8-34(9-6-13)20(35)11-36-23-30-7-4-19(32-23)24(27,28)29/h1-4,7,12-13,18H,5-6,8-11H2. The first-order valence-corrected chi connectivity index (χ1v) is 12.5. The summed E-state index contributed by atoms with van der Waals surface area (Å²) in [6, 6.07) is 3.83. The number of carbonyl (C=O) groups excluding carboxylic acids is 1. The van der Waals surface area contributed by atoms with E-state index in [9.17, 15) is 26.7 Å². The van der Waals surface area contributed by atoms with Crippen LogP contribution in [-0.2, 0) is 15.8 Å². The maximum absolute atomic E-state index is 14.1. The molecule has 1 saturated heterocycles. The number of alkyl halides is 3. The second-order valence-electron chi connectivity index (χ2n) is 8.71. The fourth-order valence-electron chi connectivity index (χ4n) is 4.27. The molecule has 0 N–H and O–H groups in total. The van der Waals surface area contributed by atoms with Crippen LogP contribution >= 0.6 is 11.3 Å². The van der Waals surface area contributed by atoms with Crippen molar-refractivity contribution in [2.45, 2.75) is 37.5 Å². The van der Waals surface area contributed by atoms with Crippen molar-refractivity contribution in [1.82, 2.24) is 19.9 Å². The van der Waals surface area contributed by atoms with Gasteiger partial charge in [-0.2, -0.15) is 18.2 Å². The van der Waals surface area contributed by atoms with Crippen LogP contribution in [0, 0.1) is 11.6 Å². The summed E-state index contributed by atoms with van der Waals surface area (Å²) in [5.41, 5.74) is -0.232. The third-order valence-corrected chi connectivity index (χ3v) is 7.26. The summed E-state index contributed by atoms with van der Waals surface area (Å²) in [6.45, 7) is 0.366. The Hall–Kier alpha value is -3.68. The van der Waals surface area contributed by atoms with Crippen molar-refractivity contribution in [3.05, 3.63) is 69.4 Å². The molecule has 14 heteroatoms. The summed E-state index contributed by atoms with van der Waals surface area (Å²) in [5, 5.41) is 6.66. The average molecular weight is 554 g/mol. The van der Waals surface area contributed by atoms with Crippen molar-refractivity contribution in [3.8, 4) is 6.01 Å². The molecule has 5 rings (SSSR count). The van der Waals surface area contributed by atoms with Crippen LogP contribution in [0.4, 0.5) is 22.0 Å². The van der Waals surface area contributed by atoms with Crippen molar-refractivity contribution >= 4 is 23.0 Å². The zero-order valence-electron chi connectivity index (χ0n) is 19.6. The van der Waals surface area contributed by atoms with Gasteiger partial charge in [-0.15, -0.1) is 11.3 Å². The lowest BCUT2D eigenvalue weighted by Crippen LogP contribution is -2.40. The third-order valence-electron chi connectivity index (χ3n) is 6.25. The summed E-state index contributed by atoms with van der Waals surface area (Å²) in [7, 11) is 0. The Labute approximate surface area is 217 Å². The number of thiazole rings is 1. The van der Waals surface area contributed by atoms with Crippen LogP contribution < -0.4 is 4.74 Å². The lowest BCUT2D eigenvalue weighted by Gasteiger charge is -2.31. The molecule has 0 radical (unpaired) electrons. The highest BCUT2D eigenvalue weighted by atomic mass is 32.1. The number of amides is 1. The van der Waals surface area contributed by atoms with Gasteiger partial charge < -0.3 is 14.5 Å². The molecule has 3 aromatic rings. The molecule has 1 atom stereocenters. The molecule has 1 aromatic carbocycles. The minimum absolute atomic E-state index is 0.0910. The van der Waals surface area contributed by atoms with E-state index in [4.69, 9.17) is 9.57 Å². The monoisotopic (exact) mass is 553 g/mol. The average Bonchev–Trinajstić information content (AvgIpc) is 3.57. The summed E-state index contributed by atoms with van der Waals surface area (Å²) in [4.78, 5) is 30.9. The molecule has 1 amide bonds. The quantitative estimate of drug-likeness (QED) is 0.405. The Morgan fingerprint density at radius 3 is 2.58 bits per heavy atom. The van der Waals surface area contributed by atoms with Crippen LogP contribution in [0.3, 0.4) is 0 Å². The highest BCUT2D eigenvalue weighted by Crippen LogP contribution is 2.35. The number of halogens is 5. The highest BCUT2D eigenvalue weighted by molar-refractivity contribution is 7.10. The Morgan fingerprint density at radius 2 is 1.87 bits per heavy atom. The molecule has 4 heterocycles. The van der Waals surface area contributed by atoms with E-state index in [1.807, 2.05) is 5.38 Å². The van der Waals surface area contributed by atoms with E-state index in [2.05, 4.69) is 20.1 Å². The number of hydrogen-bond acceptors (Lipinski definition) is 8. The maximum Gasteiger partial charge on any atom is 0.433 e. The summed E-state index contributed by atoms with van der Waals surface area (Å²) in [5.74, 6) is -1.68. The van der Waals surface area contributed by atoms with Gasteiger partial charge in [0.25, 0.3) is 5.91 Å². The lowest BCUT2D eigenvalue weighted by molar-refractivity contribution is -0.141. The topological polar surface area (TPSA) is 89.8 Å². The van der Waals surface area contributed by atoms with Gasteiger partial charge in [0.2, 0.25) is 0 Å². The lowest BCUT2D eigenvalue weighted by atomic mass is 9.97. The van der Waals surface area contributed by atoms with Crippen LogP contribution in [0.1, 0.15) is 53.2 Å². The highest BCUT2D eigenvalue weighted by Gasteiger charge is 2.34. The zero-order valence-corrected chi connectivity index (χ0v) is 20.4. The van der Waals surface area contributed by atoms with Gasteiger partial charge in [0.15, 0.2) is 18.4 Å². The summed E-state index contributed by atoms with van der Waals surface area (Å²) >= 11 is 1.43. The van der Waals surface area contributed by atoms with Crippen molar-refractivity contribution < 1.29 is 36.3 Å². The molecule has 0 aliphatic carbocycles. The summed E-state index contributed by atoms with van der Waals surface area (Å²) in [6.07, 6.45) is -3.14. The van der Waals surface area contributed by atoms with Crippen LogP contribution in [0.2, 0.25) is 0 Å². The normalized spacial score (nSPS) is 18.3. The van der Waals surface area contributed by atoms with E-state index in [1.165, 1.54) is 29.5 Å². The molecule has 0 spiro atoms. The Balaban J connectivity index is 1.13. The van der Waals surface area contributed by atoms with Gasteiger partial charge in [-0.25, -0.2) is 18.7 Å². The number of likely N-dealkylation sites (tertiary alicyclic amines) is 1. The predicted octanol–water partition coefficient (Wildman–Crippen LogP) is 4.88. The number of oxime groups is 1. The molecule has 2 aliphatic heterocycles. The number of carbonyl (C=O) groups is 1. The third kappa shape index (κ3) is 5.59. The van der Waals surface area contributed by atoms with Crippen molar-refractivity contribution in [2.75, 3.05) is 19.7 Å². The Kier molecular flexibility index (Phi) is 7.23. The van der Waals surface area contributed by atoms with Crippen LogP contribution in [0.5, 0.6) is 6.01 Å². The van der Waals surface area contributed by atoms with Crippen LogP contribution in [0.15, 0.2) is 41.0 Å². The number of aromatic nitrogens is 3. The van der Waals surface area contributed by atoms with Crippen molar-refractivity contribution in [3.63, 3.8) is 0 Å². The minimum atomic E-state index is -4.64. The van der Waals surface area contributed by atoms with Crippen molar-refractivity contribution in [1.29, 1.82) is 0 Å². The van der Waals surface area contributed by atoms with Crippen molar-refractivity contribution in [2.24, 2.45) is 5.16 Å². The van der Waals surface area contributed by atoms with Gasteiger partial charge in [0.05, 0.1) is 16.3 Å². The number of nitrogens with zero attached hydrogens (tertiary/aromatic N) is 5. The number of ether oxygens (including phenoxy) is 1. The number of rotatable bonds is 6. The first-order valence-electron chi connectivity index (χ1n) is 11.6. The van der Waals surface area contributed by atoms with Gasteiger partial charge >= 0.3 is 12.2 Å². The number of piperidine rings is 1. The first kappa shape index (κ1) is 25.9. The molecule has 0 saturated carbocycles. The maximum atomic E-state index is 14.1. The fourth-order valence-corrected chi connectivity index (χ4v) is 5.27. The molecule has 8 nitrogen and oxygen atoms in total. The first-order chi connectivity index (χ1) is 18.2. The molecule has 1 unspecified atom stereocenters. The molecule has 2 aliphatic rings. The zero-order chi connectivity index (χ0) is 26.9. The van der Waals surface area contributed by atoms with Crippen LogP contribution in [0.25, 0.3) is 0 Å². The van der Waals surface area contributed by atoms with E-state index in [0.717, 1.165) is 17.3 Å². The fraction of sp³-hybridized carbons (Fsp3) is 0.375. The smallest absolute Gasteiger partial charge is 0.433 e. The SMILES string of the molecule is O=C(COc1nccc(C(F)(F)F)n1)N1CCC(c2nc(C3=NOC(c4c(F)cccc4F)C3)cs2)CC1. The predicted molar refractivity (Wildman–Crippen MR) is 125 cm³/mol. The van der Waals surface area contributed by atoms with E-state index in [1.54, 1.807) is 4.90 Å². The van der Waals surface area contributed by atoms with E-state index in [0.29, 0.717) is 37.3 Å². The Morgan fingerprint density at radius 1 is 1.13 bits per heavy atom. The van der Waals surface area contributed by atoms with E-state index in [-0.39, 0.29) is 23.8 Å². The van der Waals surface area contributed by atoms with Gasteiger partial charge in [-0.3, -0.25) is 4.79 Å². The van der Waals surface area contributed by atoms with E-state index < -0.39 is 42.2 Å².